The Kier molecular flexibility index (Phi) is 5.50. The van der Waals surface area contributed by atoms with Crippen molar-refractivity contribution in [3.8, 4) is 0 Å². The van der Waals surface area contributed by atoms with Gasteiger partial charge in [-0.05, 0) is 42.5 Å². The number of aromatic nitrogens is 1. The molecular weight excluding hydrogens is 262 g/mol. The molecule has 0 saturated carbocycles. The van der Waals surface area contributed by atoms with E-state index in [9.17, 15) is 4.79 Å². The molecule has 3 heteroatoms. The molecule has 110 valence electrons. The van der Waals surface area contributed by atoms with Gasteiger partial charge in [0, 0.05) is 12.4 Å². The Morgan fingerprint density at radius 3 is 2.48 bits per heavy atom. The van der Waals surface area contributed by atoms with E-state index in [0.717, 1.165) is 12.0 Å². The van der Waals surface area contributed by atoms with Crippen molar-refractivity contribution in [2.24, 2.45) is 5.92 Å². The summed E-state index contributed by atoms with van der Waals surface area (Å²) in [6, 6.07) is 12.4. The second-order valence-electron chi connectivity index (χ2n) is 5.21. The second kappa shape index (κ2) is 7.58. The lowest BCUT2D eigenvalue weighted by molar-refractivity contribution is -0.147. The van der Waals surface area contributed by atoms with Gasteiger partial charge in [-0.25, -0.2) is 0 Å². The number of carbonyl (C=O) groups is 1. The predicted molar refractivity (Wildman–Crippen MR) is 83.0 cm³/mol. The highest BCUT2D eigenvalue weighted by Crippen LogP contribution is 2.14. The van der Waals surface area contributed by atoms with Gasteiger partial charge in [-0.1, -0.05) is 37.3 Å². The zero-order chi connectivity index (χ0) is 15.1. The molecule has 3 nitrogen and oxygen atoms in total. The van der Waals surface area contributed by atoms with E-state index in [-0.39, 0.29) is 11.9 Å². The van der Waals surface area contributed by atoms with Crippen molar-refractivity contribution in [1.29, 1.82) is 0 Å². The minimum Gasteiger partial charge on any atom is -0.466 e. The van der Waals surface area contributed by atoms with Crippen molar-refractivity contribution < 1.29 is 9.53 Å². The van der Waals surface area contributed by atoms with Gasteiger partial charge in [0.05, 0.1) is 12.5 Å². The van der Waals surface area contributed by atoms with Crippen molar-refractivity contribution in [2.45, 2.75) is 26.7 Å². The Balaban J connectivity index is 1.94. The molecule has 0 aliphatic carbocycles. The van der Waals surface area contributed by atoms with Gasteiger partial charge in [0.15, 0.2) is 0 Å². The van der Waals surface area contributed by atoms with Gasteiger partial charge in [0.2, 0.25) is 0 Å². The maximum Gasteiger partial charge on any atom is 0.308 e. The maximum absolute atomic E-state index is 11.6. The van der Waals surface area contributed by atoms with E-state index in [1.165, 1.54) is 11.1 Å². The van der Waals surface area contributed by atoms with E-state index in [1.807, 2.05) is 26.1 Å². The summed E-state index contributed by atoms with van der Waals surface area (Å²) >= 11 is 0. The molecule has 0 N–H and O–H groups in total. The van der Waals surface area contributed by atoms with Crippen molar-refractivity contribution >= 4 is 5.97 Å². The Bertz CT molecular complexity index is 564. The molecule has 0 aliphatic rings. The summed E-state index contributed by atoms with van der Waals surface area (Å²) in [7, 11) is 0. The molecule has 0 saturated heterocycles. The first-order chi connectivity index (χ1) is 10.2. The monoisotopic (exact) mass is 283 g/mol. The molecule has 0 amide bonds. The highest BCUT2D eigenvalue weighted by Gasteiger charge is 2.14. The van der Waals surface area contributed by atoms with E-state index < -0.39 is 0 Å². The first-order valence-electron chi connectivity index (χ1n) is 7.32. The summed E-state index contributed by atoms with van der Waals surface area (Å²) < 4.78 is 5.03. The molecule has 1 atom stereocenters. The molecule has 0 fully saturated rings. The van der Waals surface area contributed by atoms with Crippen LogP contribution in [0.2, 0.25) is 0 Å². The Morgan fingerprint density at radius 2 is 1.86 bits per heavy atom. The van der Waals surface area contributed by atoms with E-state index in [1.54, 1.807) is 6.20 Å². The zero-order valence-electron chi connectivity index (χ0n) is 12.6. The number of hydrogen-bond acceptors (Lipinski definition) is 3. The Morgan fingerprint density at radius 1 is 1.14 bits per heavy atom. The van der Waals surface area contributed by atoms with E-state index >= 15 is 0 Å². The van der Waals surface area contributed by atoms with Crippen LogP contribution in [0.1, 0.15) is 30.5 Å². The summed E-state index contributed by atoms with van der Waals surface area (Å²) in [5, 5.41) is 0. The van der Waals surface area contributed by atoms with Crippen LogP contribution in [0.4, 0.5) is 0 Å². The van der Waals surface area contributed by atoms with Crippen LogP contribution in [0.25, 0.3) is 0 Å². The number of carbonyl (C=O) groups excluding carboxylic acids is 1. The van der Waals surface area contributed by atoms with Crippen molar-refractivity contribution in [3.63, 3.8) is 0 Å². The van der Waals surface area contributed by atoms with Crippen molar-refractivity contribution in [3.05, 3.63) is 65.5 Å². The molecule has 1 aromatic heterocycles. The van der Waals surface area contributed by atoms with Crippen molar-refractivity contribution in [1.82, 2.24) is 4.98 Å². The number of esters is 1. The van der Waals surface area contributed by atoms with E-state index in [2.05, 4.69) is 35.3 Å². The molecule has 21 heavy (non-hydrogen) atoms. The van der Waals surface area contributed by atoms with Gasteiger partial charge in [-0.15, -0.1) is 0 Å². The lowest BCUT2D eigenvalue weighted by atomic mass is 9.98. The molecule has 0 bridgehead atoms. The van der Waals surface area contributed by atoms with Crippen LogP contribution >= 0.6 is 0 Å². The fraction of sp³-hybridized carbons (Fsp3) is 0.333. The second-order valence-corrected chi connectivity index (χ2v) is 5.21. The van der Waals surface area contributed by atoms with Gasteiger partial charge < -0.3 is 4.74 Å². The molecule has 0 spiro atoms. The maximum atomic E-state index is 11.6. The van der Waals surface area contributed by atoms with Crippen LogP contribution in [0.3, 0.4) is 0 Å². The van der Waals surface area contributed by atoms with Crippen LogP contribution in [-0.2, 0) is 22.4 Å². The van der Waals surface area contributed by atoms with E-state index in [0.29, 0.717) is 13.0 Å². The highest BCUT2D eigenvalue weighted by atomic mass is 16.5. The van der Waals surface area contributed by atoms with E-state index in [4.69, 9.17) is 4.74 Å². The zero-order valence-corrected chi connectivity index (χ0v) is 12.6. The molecule has 2 aromatic rings. The Labute approximate surface area is 126 Å². The van der Waals surface area contributed by atoms with Gasteiger partial charge in [0.25, 0.3) is 0 Å². The minimum absolute atomic E-state index is 0.103. The fourth-order valence-electron chi connectivity index (χ4n) is 2.25. The third kappa shape index (κ3) is 4.71. The molecule has 0 radical (unpaired) electrons. The third-order valence-electron chi connectivity index (χ3n) is 3.38. The first-order valence-corrected chi connectivity index (χ1v) is 7.32. The quantitative estimate of drug-likeness (QED) is 0.763. The first kappa shape index (κ1) is 15.2. The number of rotatable bonds is 6. The summed E-state index contributed by atoms with van der Waals surface area (Å²) in [6.07, 6.45) is 5.26. The molecule has 0 unspecified atom stereocenters. The van der Waals surface area contributed by atoms with Crippen molar-refractivity contribution in [2.75, 3.05) is 6.61 Å². The summed E-state index contributed by atoms with van der Waals surface area (Å²) in [5.74, 6) is -0.231. The fourth-order valence-corrected chi connectivity index (χ4v) is 2.25. The average molecular weight is 283 g/mol. The van der Waals surface area contributed by atoms with Crippen LogP contribution in [0.15, 0.2) is 48.8 Å². The number of pyridine rings is 1. The molecular formula is C18H21NO2. The smallest absolute Gasteiger partial charge is 0.308 e. The summed E-state index contributed by atoms with van der Waals surface area (Å²) in [5.41, 5.74) is 3.60. The van der Waals surface area contributed by atoms with Crippen LogP contribution in [0, 0.1) is 5.92 Å². The number of ether oxygens (including phenoxy) is 1. The standard InChI is InChI=1S/C18H21NO2/c1-3-21-18(20)14(2)11-15-6-8-16(9-7-15)12-17-5-4-10-19-13-17/h4-10,13-14H,3,11-12H2,1-2H3/t14-/m1/s1. The minimum atomic E-state index is -0.128. The Hall–Kier alpha value is -2.16. The predicted octanol–water partition coefficient (Wildman–Crippen LogP) is 3.41. The van der Waals surface area contributed by atoms with Gasteiger partial charge in [-0.2, -0.15) is 0 Å². The number of nitrogens with zero attached hydrogens (tertiary/aromatic N) is 1. The lowest BCUT2D eigenvalue weighted by Crippen LogP contribution is -2.16. The van der Waals surface area contributed by atoms with Gasteiger partial charge in [-0.3, -0.25) is 9.78 Å². The van der Waals surface area contributed by atoms with Crippen LogP contribution in [-0.4, -0.2) is 17.6 Å². The highest BCUT2D eigenvalue weighted by molar-refractivity contribution is 5.72. The lowest BCUT2D eigenvalue weighted by Gasteiger charge is -2.11. The summed E-state index contributed by atoms with van der Waals surface area (Å²) in [4.78, 5) is 15.7. The number of benzene rings is 1. The molecule has 0 aliphatic heterocycles. The number of hydrogen-bond donors (Lipinski definition) is 0. The van der Waals surface area contributed by atoms with Crippen LogP contribution in [0.5, 0.6) is 0 Å². The van der Waals surface area contributed by atoms with Gasteiger partial charge >= 0.3 is 5.97 Å². The summed E-state index contributed by atoms with van der Waals surface area (Å²) in [6.45, 7) is 4.17. The van der Waals surface area contributed by atoms with Gasteiger partial charge in [0.1, 0.15) is 0 Å². The largest absolute Gasteiger partial charge is 0.466 e. The SMILES string of the molecule is CCOC(=O)[C@H](C)Cc1ccc(Cc2cccnc2)cc1. The van der Waals surface area contributed by atoms with Crippen LogP contribution < -0.4 is 0 Å². The third-order valence-corrected chi connectivity index (χ3v) is 3.38. The average Bonchev–Trinajstić information content (AvgIpc) is 2.50. The topological polar surface area (TPSA) is 39.2 Å². The molecule has 2 rings (SSSR count). The normalized spacial score (nSPS) is 11.9. The molecule has 1 aromatic carbocycles. The molecule has 1 heterocycles.